The van der Waals surface area contributed by atoms with Crippen molar-refractivity contribution in [2.45, 2.75) is 24.2 Å². The number of hydrogen-bond acceptors (Lipinski definition) is 3. The molecular weight excluding hydrogens is 306 g/mol. The molecule has 2 aromatic carbocycles. The minimum atomic E-state index is -3.46. The first kappa shape index (κ1) is 14.5. The second-order valence-electron chi connectivity index (χ2n) is 6.09. The van der Waals surface area contributed by atoms with Crippen LogP contribution in [0.4, 0.5) is 0 Å². The van der Waals surface area contributed by atoms with Gasteiger partial charge in [-0.1, -0.05) is 48.5 Å². The van der Waals surface area contributed by atoms with Crippen molar-refractivity contribution in [3.8, 4) is 0 Å². The van der Waals surface area contributed by atoms with E-state index in [1.165, 1.54) is 6.42 Å². The summed E-state index contributed by atoms with van der Waals surface area (Å²) in [6, 6.07) is 16.9. The van der Waals surface area contributed by atoms with Crippen LogP contribution in [0.3, 0.4) is 0 Å². The largest absolute Gasteiger partial charge is 0.370 e. The maximum Gasteiger partial charge on any atom is 0.209 e. The lowest BCUT2D eigenvalue weighted by Crippen LogP contribution is -2.28. The van der Waals surface area contributed by atoms with Crippen LogP contribution in [0.15, 0.2) is 59.5 Å². The van der Waals surface area contributed by atoms with E-state index in [4.69, 9.17) is 0 Å². The number of sulfone groups is 1. The van der Waals surface area contributed by atoms with Crippen LogP contribution in [-0.2, 0) is 9.84 Å². The van der Waals surface area contributed by atoms with Gasteiger partial charge in [0.1, 0.15) is 4.91 Å². The number of nitrogens with zero attached hydrogens (tertiary/aromatic N) is 1. The summed E-state index contributed by atoms with van der Waals surface area (Å²) < 4.78 is 26.3. The Morgan fingerprint density at radius 1 is 0.783 bits per heavy atom. The van der Waals surface area contributed by atoms with Crippen LogP contribution in [0.5, 0.6) is 0 Å². The third-order valence-electron chi connectivity index (χ3n) is 4.62. The van der Waals surface area contributed by atoms with Crippen LogP contribution in [0.2, 0.25) is 0 Å². The lowest BCUT2D eigenvalue weighted by atomic mass is 10.0. The normalized spacial score (nSPS) is 19.7. The Kier molecular flexibility index (Phi) is 3.49. The maximum absolute atomic E-state index is 13.2. The average Bonchev–Trinajstić information content (AvgIpc) is 2.84. The summed E-state index contributed by atoms with van der Waals surface area (Å²) in [5, 5.41) is 0. The standard InChI is InChI=1S/C19H19NO2S/c21-23(22)17-12-6-5-11-16(17)18(20-13-7-2-8-14-20)19(23)15-9-3-1-4-10-15/h1,3-6,9-12H,2,7-8,13-14H2. The van der Waals surface area contributed by atoms with Gasteiger partial charge in [-0.15, -0.1) is 0 Å². The summed E-state index contributed by atoms with van der Waals surface area (Å²) in [4.78, 5) is 3.18. The van der Waals surface area contributed by atoms with Crippen LogP contribution < -0.4 is 0 Å². The molecule has 0 atom stereocenters. The van der Waals surface area contributed by atoms with Crippen molar-refractivity contribution in [3.05, 3.63) is 65.7 Å². The Morgan fingerprint density at radius 3 is 2.17 bits per heavy atom. The molecule has 2 aromatic rings. The van der Waals surface area contributed by atoms with E-state index in [9.17, 15) is 8.42 Å². The zero-order chi connectivity index (χ0) is 15.9. The van der Waals surface area contributed by atoms with E-state index in [0.717, 1.165) is 42.8 Å². The molecule has 0 bridgehead atoms. The summed E-state index contributed by atoms with van der Waals surface area (Å²) >= 11 is 0. The second-order valence-corrected chi connectivity index (χ2v) is 7.95. The lowest BCUT2D eigenvalue weighted by Gasteiger charge is -2.31. The van der Waals surface area contributed by atoms with Crippen LogP contribution in [0.1, 0.15) is 30.4 Å². The molecule has 2 heterocycles. The molecule has 0 amide bonds. The van der Waals surface area contributed by atoms with Gasteiger partial charge in [0, 0.05) is 18.7 Å². The number of fused-ring (bicyclic) bond motifs is 1. The zero-order valence-electron chi connectivity index (χ0n) is 12.9. The van der Waals surface area contributed by atoms with Gasteiger partial charge in [0.15, 0.2) is 0 Å². The Labute approximate surface area is 137 Å². The summed E-state index contributed by atoms with van der Waals surface area (Å²) in [7, 11) is -3.46. The summed E-state index contributed by atoms with van der Waals surface area (Å²) in [6.07, 6.45) is 3.46. The van der Waals surface area contributed by atoms with E-state index in [2.05, 4.69) is 4.90 Å². The minimum Gasteiger partial charge on any atom is -0.370 e. The Morgan fingerprint density at radius 2 is 1.43 bits per heavy atom. The fourth-order valence-electron chi connectivity index (χ4n) is 3.57. The molecule has 2 aliphatic rings. The number of benzene rings is 2. The third-order valence-corrected chi connectivity index (χ3v) is 6.53. The SMILES string of the molecule is O=S1(=O)C(c2ccccc2)=C(N2CCCCC2)c2ccccc21. The molecule has 0 N–H and O–H groups in total. The predicted octanol–water partition coefficient (Wildman–Crippen LogP) is 3.79. The number of hydrogen-bond donors (Lipinski definition) is 0. The predicted molar refractivity (Wildman–Crippen MR) is 92.3 cm³/mol. The quantitative estimate of drug-likeness (QED) is 0.843. The molecule has 118 valence electrons. The molecule has 0 spiro atoms. The molecule has 4 rings (SSSR count). The molecule has 0 aliphatic carbocycles. The van der Waals surface area contributed by atoms with Gasteiger partial charge in [-0.2, -0.15) is 0 Å². The van der Waals surface area contributed by atoms with Gasteiger partial charge in [0.05, 0.1) is 10.6 Å². The van der Waals surface area contributed by atoms with Crippen LogP contribution in [0.25, 0.3) is 10.6 Å². The van der Waals surface area contributed by atoms with Crippen molar-refractivity contribution >= 4 is 20.4 Å². The highest BCUT2D eigenvalue weighted by Crippen LogP contribution is 2.46. The van der Waals surface area contributed by atoms with E-state index in [1.54, 1.807) is 12.1 Å². The molecule has 1 saturated heterocycles. The van der Waals surface area contributed by atoms with Crippen LogP contribution in [-0.4, -0.2) is 26.4 Å². The fraction of sp³-hybridized carbons (Fsp3) is 0.263. The van der Waals surface area contributed by atoms with Gasteiger partial charge in [-0.25, -0.2) is 8.42 Å². The smallest absolute Gasteiger partial charge is 0.209 e. The molecule has 0 radical (unpaired) electrons. The van der Waals surface area contributed by atoms with E-state index in [0.29, 0.717) is 9.80 Å². The van der Waals surface area contributed by atoms with Crippen LogP contribution in [0, 0.1) is 0 Å². The Bertz CT molecular complexity index is 863. The first-order chi connectivity index (χ1) is 11.2. The summed E-state index contributed by atoms with van der Waals surface area (Å²) in [6.45, 7) is 1.85. The monoisotopic (exact) mass is 325 g/mol. The second kappa shape index (κ2) is 5.53. The molecule has 2 aliphatic heterocycles. The Balaban J connectivity index is 1.99. The van der Waals surface area contributed by atoms with Crippen molar-refractivity contribution < 1.29 is 8.42 Å². The van der Waals surface area contributed by atoms with Crippen LogP contribution >= 0.6 is 0 Å². The molecule has 0 unspecified atom stereocenters. The topological polar surface area (TPSA) is 37.4 Å². The van der Waals surface area contributed by atoms with Gasteiger partial charge >= 0.3 is 0 Å². The lowest BCUT2D eigenvalue weighted by molar-refractivity contribution is 0.327. The highest BCUT2D eigenvalue weighted by Gasteiger charge is 2.38. The van der Waals surface area contributed by atoms with Crippen molar-refractivity contribution in [3.63, 3.8) is 0 Å². The van der Waals surface area contributed by atoms with Crippen molar-refractivity contribution in [1.82, 2.24) is 4.90 Å². The number of rotatable bonds is 2. The van der Waals surface area contributed by atoms with Crippen molar-refractivity contribution in [2.75, 3.05) is 13.1 Å². The summed E-state index contributed by atoms with van der Waals surface area (Å²) in [5.41, 5.74) is 2.53. The molecule has 0 aromatic heterocycles. The third kappa shape index (κ3) is 2.29. The van der Waals surface area contributed by atoms with E-state index < -0.39 is 9.84 Å². The number of likely N-dealkylation sites (tertiary alicyclic amines) is 1. The highest BCUT2D eigenvalue weighted by molar-refractivity contribution is 8.01. The molecule has 4 heteroatoms. The molecule has 3 nitrogen and oxygen atoms in total. The minimum absolute atomic E-state index is 0.444. The van der Waals surface area contributed by atoms with E-state index in [1.807, 2.05) is 42.5 Å². The van der Waals surface area contributed by atoms with Gasteiger partial charge in [0.2, 0.25) is 9.84 Å². The average molecular weight is 325 g/mol. The zero-order valence-corrected chi connectivity index (χ0v) is 13.7. The molecule has 1 fully saturated rings. The summed E-state index contributed by atoms with van der Waals surface area (Å²) in [5.74, 6) is 0. The fourth-order valence-corrected chi connectivity index (χ4v) is 5.44. The van der Waals surface area contributed by atoms with Gasteiger partial charge in [0.25, 0.3) is 0 Å². The van der Waals surface area contributed by atoms with Crippen molar-refractivity contribution in [1.29, 1.82) is 0 Å². The number of piperidine rings is 1. The Hall–Kier alpha value is -2.07. The first-order valence-electron chi connectivity index (χ1n) is 8.09. The van der Waals surface area contributed by atoms with Crippen molar-refractivity contribution in [2.24, 2.45) is 0 Å². The first-order valence-corrected chi connectivity index (χ1v) is 9.57. The molecule has 0 saturated carbocycles. The molecular formula is C19H19NO2S. The van der Waals surface area contributed by atoms with Gasteiger partial charge in [-0.3, -0.25) is 0 Å². The van der Waals surface area contributed by atoms with Gasteiger partial charge in [-0.05, 0) is 30.9 Å². The highest BCUT2D eigenvalue weighted by atomic mass is 32.2. The maximum atomic E-state index is 13.2. The molecule has 23 heavy (non-hydrogen) atoms. The van der Waals surface area contributed by atoms with E-state index >= 15 is 0 Å². The van der Waals surface area contributed by atoms with E-state index in [-0.39, 0.29) is 0 Å². The van der Waals surface area contributed by atoms with Gasteiger partial charge < -0.3 is 4.90 Å².